The standard InChI is InChI=1S/C13H18INO2/c1-17-12-5-3-2-4-11(12)13(14)15-8-6-10(16)7-9-15/h2-5,10,13,16H,6-9H2,1H3. The van der Waals surface area contributed by atoms with Crippen molar-refractivity contribution in [2.75, 3.05) is 20.2 Å². The van der Waals surface area contributed by atoms with Crippen molar-refractivity contribution in [3.63, 3.8) is 0 Å². The highest BCUT2D eigenvalue weighted by Gasteiger charge is 2.24. The van der Waals surface area contributed by atoms with E-state index in [1.165, 1.54) is 5.56 Å². The van der Waals surface area contributed by atoms with Crippen LogP contribution in [-0.4, -0.2) is 36.3 Å². The Bertz CT molecular complexity index is 364. The van der Waals surface area contributed by atoms with Gasteiger partial charge in [-0.25, -0.2) is 0 Å². The summed E-state index contributed by atoms with van der Waals surface area (Å²) in [6.45, 7) is 1.90. The molecule has 1 aliphatic rings. The average molecular weight is 347 g/mol. The summed E-state index contributed by atoms with van der Waals surface area (Å²) < 4.78 is 5.71. The number of alkyl halides is 1. The number of halogens is 1. The van der Waals surface area contributed by atoms with E-state index < -0.39 is 0 Å². The minimum Gasteiger partial charge on any atom is -0.496 e. The first-order chi connectivity index (χ1) is 8.22. The molecule has 1 atom stereocenters. The van der Waals surface area contributed by atoms with E-state index in [9.17, 15) is 5.11 Å². The third kappa shape index (κ3) is 3.11. The van der Waals surface area contributed by atoms with Gasteiger partial charge in [0.15, 0.2) is 0 Å². The lowest BCUT2D eigenvalue weighted by Crippen LogP contribution is -2.36. The highest BCUT2D eigenvalue weighted by molar-refractivity contribution is 14.1. The zero-order chi connectivity index (χ0) is 12.3. The maximum atomic E-state index is 9.53. The summed E-state index contributed by atoms with van der Waals surface area (Å²) >= 11 is 2.45. The lowest BCUT2D eigenvalue weighted by atomic mass is 10.1. The van der Waals surface area contributed by atoms with Crippen LogP contribution in [0.15, 0.2) is 24.3 Å². The molecule has 1 fully saturated rings. The molecule has 0 spiro atoms. The molecule has 1 saturated heterocycles. The largest absolute Gasteiger partial charge is 0.496 e. The average Bonchev–Trinajstić information content (AvgIpc) is 2.39. The summed E-state index contributed by atoms with van der Waals surface area (Å²) in [6.07, 6.45) is 1.62. The number of benzene rings is 1. The molecular formula is C13H18INO2. The Labute approximate surface area is 116 Å². The molecule has 0 bridgehead atoms. The van der Waals surface area contributed by atoms with Crippen LogP contribution in [0, 0.1) is 0 Å². The normalized spacial score (nSPS) is 20.2. The van der Waals surface area contributed by atoms with Gasteiger partial charge in [0.05, 0.1) is 17.3 Å². The Hall–Kier alpha value is -0.330. The molecule has 0 radical (unpaired) electrons. The van der Waals surface area contributed by atoms with Gasteiger partial charge >= 0.3 is 0 Å². The summed E-state index contributed by atoms with van der Waals surface area (Å²) in [5.41, 5.74) is 1.21. The second kappa shape index (κ2) is 6.02. The lowest BCUT2D eigenvalue weighted by Gasteiger charge is -2.33. The van der Waals surface area contributed by atoms with Gasteiger partial charge in [-0.1, -0.05) is 40.8 Å². The van der Waals surface area contributed by atoms with Crippen molar-refractivity contribution in [2.45, 2.75) is 23.0 Å². The zero-order valence-electron chi connectivity index (χ0n) is 9.97. The number of rotatable bonds is 3. The molecular weight excluding hydrogens is 329 g/mol. The fourth-order valence-electron chi connectivity index (χ4n) is 2.17. The van der Waals surface area contributed by atoms with Crippen LogP contribution in [0.25, 0.3) is 0 Å². The molecule has 0 aromatic heterocycles. The molecule has 0 saturated carbocycles. The monoisotopic (exact) mass is 347 g/mol. The van der Waals surface area contributed by atoms with Gasteiger partial charge in [-0.15, -0.1) is 0 Å². The first-order valence-corrected chi connectivity index (χ1v) is 7.16. The van der Waals surface area contributed by atoms with Crippen LogP contribution in [0.1, 0.15) is 22.5 Å². The maximum absolute atomic E-state index is 9.53. The highest BCUT2D eigenvalue weighted by Crippen LogP contribution is 2.35. The second-order valence-corrected chi connectivity index (χ2v) is 5.52. The summed E-state index contributed by atoms with van der Waals surface area (Å²) in [7, 11) is 1.71. The predicted molar refractivity (Wildman–Crippen MR) is 76.6 cm³/mol. The molecule has 1 aromatic carbocycles. The molecule has 17 heavy (non-hydrogen) atoms. The minimum absolute atomic E-state index is 0.118. The topological polar surface area (TPSA) is 32.7 Å². The van der Waals surface area contributed by atoms with Gasteiger partial charge in [0, 0.05) is 18.7 Å². The number of likely N-dealkylation sites (tertiary alicyclic amines) is 1. The van der Waals surface area contributed by atoms with Crippen LogP contribution in [0.3, 0.4) is 0 Å². The molecule has 94 valence electrons. The zero-order valence-corrected chi connectivity index (χ0v) is 12.1. The summed E-state index contributed by atoms with van der Waals surface area (Å²) in [5, 5.41) is 9.53. The first-order valence-electron chi connectivity index (χ1n) is 5.91. The van der Waals surface area contributed by atoms with E-state index in [1.54, 1.807) is 7.11 Å². The van der Waals surface area contributed by atoms with Gasteiger partial charge in [-0.05, 0) is 18.9 Å². The number of aliphatic hydroxyl groups is 1. The summed E-state index contributed by atoms with van der Waals surface area (Å²) in [4.78, 5) is 2.39. The van der Waals surface area contributed by atoms with Gasteiger partial charge < -0.3 is 9.84 Å². The van der Waals surface area contributed by atoms with E-state index in [4.69, 9.17) is 4.74 Å². The van der Waals surface area contributed by atoms with E-state index in [2.05, 4.69) is 33.6 Å². The predicted octanol–water partition coefficient (Wildman–Crippen LogP) is 2.59. The van der Waals surface area contributed by atoms with E-state index in [0.29, 0.717) is 4.05 Å². The quantitative estimate of drug-likeness (QED) is 0.518. The lowest BCUT2D eigenvalue weighted by molar-refractivity contribution is 0.0797. The van der Waals surface area contributed by atoms with E-state index in [-0.39, 0.29) is 6.10 Å². The second-order valence-electron chi connectivity index (χ2n) is 4.34. The van der Waals surface area contributed by atoms with Crippen LogP contribution < -0.4 is 4.74 Å². The van der Waals surface area contributed by atoms with Crippen molar-refractivity contribution in [3.05, 3.63) is 29.8 Å². The smallest absolute Gasteiger partial charge is 0.124 e. The summed E-state index contributed by atoms with van der Waals surface area (Å²) in [6, 6.07) is 8.15. The number of para-hydroxylation sites is 1. The van der Waals surface area contributed by atoms with Crippen molar-refractivity contribution in [1.82, 2.24) is 4.90 Å². The van der Waals surface area contributed by atoms with Crippen LogP contribution >= 0.6 is 22.6 Å². The number of ether oxygens (including phenoxy) is 1. The minimum atomic E-state index is -0.118. The number of hydrogen-bond acceptors (Lipinski definition) is 3. The number of aliphatic hydroxyl groups excluding tert-OH is 1. The van der Waals surface area contributed by atoms with Crippen molar-refractivity contribution in [3.8, 4) is 5.75 Å². The van der Waals surface area contributed by atoms with Gasteiger partial charge in [0.1, 0.15) is 5.75 Å². The molecule has 1 aliphatic heterocycles. The van der Waals surface area contributed by atoms with E-state index in [0.717, 1.165) is 31.7 Å². The Morgan fingerprint density at radius 3 is 2.65 bits per heavy atom. The van der Waals surface area contributed by atoms with Crippen LogP contribution in [0.5, 0.6) is 5.75 Å². The molecule has 1 aromatic rings. The molecule has 1 heterocycles. The fourth-order valence-corrected chi connectivity index (χ4v) is 3.24. The van der Waals surface area contributed by atoms with Crippen molar-refractivity contribution in [1.29, 1.82) is 0 Å². The highest BCUT2D eigenvalue weighted by atomic mass is 127. The van der Waals surface area contributed by atoms with Gasteiger partial charge in [-0.3, -0.25) is 4.90 Å². The molecule has 1 N–H and O–H groups in total. The fraction of sp³-hybridized carbons (Fsp3) is 0.538. The van der Waals surface area contributed by atoms with Gasteiger partial charge in [0.25, 0.3) is 0 Å². The first kappa shape index (κ1) is 13.1. The molecule has 3 nitrogen and oxygen atoms in total. The Morgan fingerprint density at radius 2 is 2.00 bits per heavy atom. The molecule has 2 rings (SSSR count). The van der Waals surface area contributed by atoms with Crippen molar-refractivity contribution >= 4 is 22.6 Å². The number of hydrogen-bond donors (Lipinski definition) is 1. The van der Waals surface area contributed by atoms with Crippen LogP contribution in [0.4, 0.5) is 0 Å². The SMILES string of the molecule is COc1ccccc1C(I)N1CCC(O)CC1. The number of methoxy groups -OCH3 is 1. The third-order valence-electron chi connectivity index (χ3n) is 3.22. The number of piperidine rings is 1. The molecule has 4 heteroatoms. The van der Waals surface area contributed by atoms with Gasteiger partial charge in [0.2, 0.25) is 0 Å². The van der Waals surface area contributed by atoms with Crippen LogP contribution in [-0.2, 0) is 0 Å². The molecule has 0 aliphatic carbocycles. The Balaban J connectivity index is 2.10. The van der Waals surface area contributed by atoms with Crippen molar-refractivity contribution < 1.29 is 9.84 Å². The Morgan fingerprint density at radius 1 is 1.35 bits per heavy atom. The summed E-state index contributed by atoms with van der Waals surface area (Å²) in [5.74, 6) is 0.943. The van der Waals surface area contributed by atoms with E-state index >= 15 is 0 Å². The molecule has 1 unspecified atom stereocenters. The third-order valence-corrected chi connectivity index (χ3v) is 4.67. The Kier molecular flexibility index (Phi) is 4.64. The molecule has 0 amide bonds. The van der Waals surface area contributed by atoms with E-state index in [1.807, 2.05) is 18.2 Å². The maximum Gasteiger partial charge on any atom is 0.124 e. The van der Waals surface area contributed by atoms with Crippen molar-refractivity contribution in [2.24, 2.45) is 0 Å². The van der Waals surface area contributed by atoms with Crippen LogP contribution in [0.2, 0.25) is 0 Å². The van der Waals surface area contributed by atoms with Gasteiger partial charge in [-0.2, -0.15) is 0 Å². The number of nitrogens with zero attached hydrogens (tertiary/aromatic N) is 1.